The first-order valence-corrected chi connectivity index (χ1v) is 5.11. The number of benzene rings is 1. The molecule has 0 aromatic heterocycles. The van der Waals surface area contributed by atoms with Gasteiger partial charge in [-0.2, -0.15) is 0 Å². The summed E-state index contributed by atoms with van der Waals surface area (Å²) in [5.41, 5.74) is 2.38. The molecule has 0 aliphatic carbocycles. The summed E-state index contributed by atoms with van der Waals surface area (Å²) in [6.45, 7) is 5.77. The topological polar surface area (TPSA) is 12.0 Å². The maximum Gasteiger partial charge on any atom is 0.0435 e. The molecule has 0 heterocycles. The second-order valence-corrected chi connectivity index (χ2v) is 3.78. The van der Waals surface area contributed by atoms with Crippen molar-refractivity contribution >= 4 is 11.6 Å². The van der Waals surface area contributed by atoms with Gasteiger partial charge in [0.15, 0.2) is 0 Å². The van der Waals surface area contributed by atoms with Gasteiger partial charge in [0.1, 0.15) is 0 Å². The van der Waals surface area contributed by atoms with Crippen molar-refractivity contribution in [1.82, 2.24) is 5.32 Å². The fourth-order valence-electron chi connectivity index (χ4n) is 1.47. The molecule has 1 nitrogen and oxygen atoms in total. The second-order valence-electron chi connectivity index (χ2n) is 3.37. The van der Waals surface area contributed by atoms with Crippen LogP contribution in [0.25, 0.3) is 0 Å². The molecule has 0 radical (unpaired) electrons. The standard InChI is InChI=1S/C12H16ClN/c1-4-5-12(14-3)10-6-7-11(13)9(2)8-10/h4,6-8,12,14H,1,5H2,2-3H3. The van der Waals surface area contributed by atoms with Gasteiger partial charge in [-0.25, -0.2) is 0 Å². The van der Waals surface area contributed by atoms with Crippen LogP contribution in [0, 0.1) is 6.92 Å². The van der Waals surface area contributed by atoms with Gasteiger partial charge in [0.2, 0.25) is 0 Å². The van der Waals surface area contributed by atoms with Gasteiger partial charge in [0.05, 0.1) is 0 Å². The molecule has 0 saturated carbocycles. The molecular formula is C12H16ClN. The zero-order valence-electron chi connectivity index (χ0n) is 8.68. The quantitative estimate of drug-likeness (QED) is 0.749. The summed E-state index contributed by atoms with van der Waals surface area (Å²) < 4.78 is 0. The Kier molecular flexibility index (Phi) is 4.18. The van der Waals surface area contributed by atoms with E-state index in [9.17, 15) is 0 Å². The monoisotopic (exact) mass is 209 g/mol. The molecule has 0 bridgehead atoms. The van der Waals surface area contributed by atoms with Crippen molar-refractivity contribution in [3.05, 3.63) is 47.0 Å². The van der Waals surface area contributed by atoms with Crippen molar-refractivity contribution in [2.45, 2.75) is 19.4 Å². The van der Waals surface area contributed by atoms with E-state index in [2.05, 4.69) is 24.0 Å². The zero-order chi connectivity index (χ0) is 10.6. The Morgan fingerprint density at radius 2 is 2.29 bits per heavy atom. The lowest BCUT2D eigenvalue weighted by atomic mass is 10.0. The van der Waals surface area contributed by atoms with Gasteiger partial charge < -0.3 is 5.32 Å². The number of nitrogens with one attached hydrogen (secondary N) is 1. The van der Waals surface area contributed by atoms with Gasteiger partial charge in [0, 0.05) is 11.1 Å². The van der Waals surface area contributed by atoms with Gasteiger partial charge in [-0.05, 0) is 37.6 Å². The highest BCUT2D eigenvalue weighted by Crippen LogP contribution is 2.22. The van der Waals surface area contributed by atoms with Gasteiger partial charge in [0.25, 0.3) is 0 Å². The predicted octanol–water partition coefficient (Wildman–Crippen LogP) is 3.49. The molecular weight excluding hydrogens is 194 g/mol. The fraction of sp³-hybridized carbons (Fsp3) is 0.333. The summed E-state index contributed by atoms with van der Waals surface area (Å²) in [5.74, 6) is 0. The molecule has 0 aliphatic heterocycles. The first-order chi connectivity index (χ1) is 6.69. The van der Waals surface area contributed by atoms with Crippen molar-refractivity contribution in [3.63, 3.8) is 0 Å². The number of rotatable bonds is 4. The van der Waals surface area contributed by atoms with Crippen LogP contribution in [0.5, 0.6) is 0 Å². The third-order valence-electron chi connectivity index (χ3n) is 2.34. The highest BCUT2D eigenvalue weighted by Gasteiger charge is 2.07. The molecule has 0 amide bonds. The van der Waals surface area contributed by atoms with Crippen molar-refractivity contribution < 1.29 is 0 Å². The van der Waals surface area contributed by atoms with Gasteiger partial charge in [-0.1, -0.05) is 29.8 Å². The maximum atomic E-state index is 5.97. The largest absolute Gasteiger partial charge is 0.313 e. The zero-order valence-corrected chi connectivity index (χ0v) is 9.43. The van der Waals surface area contributed by atoms with Crippen LogP contribution in [0.15, 0.2) is 30.9 Å². The third-order valence-corrected chi connectivity index (χ3v) is 2.76. The van der Waals surface area contributed by atoms with E-state index in [0.29, 0.717) is 6.04 Å². The van der Waals surface area contributed by atoms with E-state index in [-0.39, 0.29) is 0 Å². The molecule has 1 unspecified atom stereocenters. The van der Waals surface area contributed by atoms with Crippen molar-refractivity contribution in [3.8, 4) is 0 Å². The van der Waals surface area contributed by atoms with E-state index in [1.54, 1.807) is 0 Å². The molecule has 0 fully saturated rings. The highest BCUT2D eigenvalue weighted by molar-refractivity contribution is 6.31. The van der Waals surface area contributed by atoms with Crippen LogP contribution in [-0.2, 0) is 0 Å². The summed E-state index contributed by atoms with van der Waals surface area (Å²) in [4.78, 5) is 0. The van der Waals surface area contributed by atoms with Crippen LogP contribution in [0.4, 0.5) is 0 Å². The Bertz CT molecular complexity index is 320. The Hall–Kier alpha value is -0.790. The smallest absolute Gasteiger partial charge is 0.0435 e. The van der Waals surface area contributed by atoms with E-state index in [0.717, 1.165) is 17.0 Å². The van der Waals surface area contributed by atoms with Crippen LogP contribution in [0.2, 0.25) is 5.02 Å². The summed E-state index contributed by atoms with van der Waals surface area (Å²) in [6, 6.07) is 6.45. The average Bonchev–Trinajstić information content (AvgIpc) is 2.19. The van der Waals surface area contributed by atoms with Crippen LogP contribution in [0.1, 0.15) is 23.6 Å². The molecule has 2 heteroatoms. The van der Waals surface area contributed by atoms with E-state index < -0.39 is 0 Å². The Morgan fingerprint density at radius 1 is 1.57 bits per heavy atom. The van der Waals surface area contributed by atoms with Crippen molar-refractivity contribution in [2.24, 2.45) is 0 Å². The van der Waals surface area contributed by atoms with Gasteiger partial charge in [-0.15, -0.1) is 6.58 Å². The minimum Gasteiger partial charge on any atom is -0.313 e. The summed E-state index contributed by atoms with van der Waals surface area (Å²) in [6.07, 6.45) is 2.85. The lowest BCUT2D eigenvalue weighted by Crippen LogP contribution is -2.15. The van der Waals surface area contributed by atoms with E-state index in [1.807, 2.05) is 26.1 Å². The van der Waals surface area contributed by atoms with Crippen LogP contribution in [-0.4, -0.2) is 7.05 Å². The molecule has 1 N–H and O–H groups in total. The number of aryl methyl sites for hydroxylation is 1. The normalized spacial score (nSPS) is 12.5. The molecule has 0 saturated heterocycles. The van der Waals surface area contributed by atoms with Gasteiger partial charge in [-0.3, -0.25) is 0 Å². The Labute approximate surface area is 90.8 Å². The van der Waals surface area contributed by atoms with E-state index in [4.69, 9.17) is 11.6 Å². The second kappa shape index (κ2) is 5.18. The van der Waals surface area contributed by atoms with Crippen molar-refractivity contribution in [2.75, 3.05) is 7.05 Å². The number of hydrogen-bond acceptors (Lipinski definition) is 1. The average molecular weight is 210 g/mol. The third kappa shape index (κ3) is 2.60. The molecule has 76 valence electrons. The van der Waals surface area contributed by atoms with E-state index in [1.165, 1.54) is 5.56 Å². The molecule has 1 atom stereocenters. The molecule has 1 aromatic carbocycles. The SMILES string of the molecule is C=CCC(NC)c1ccc(Cl)c(C)c1. The summed E-state index contributed by atoms with van der Waals surface area (Å²) in [5, 5.41) is 4.07. The highest BCUT2D eigenvalue weighted by atomic mass is 35.5. The minimum absolute atomic E-state index is 0.337. The maximum absolute atomic E-state index is 5.97. The predicted molar refractivity (Wildman–Crippen MR) is 62.8 cm³/mol. The number of halogens is 1. The summed E-state index contributed by atoms with van der Waals surface area (Å²) in [7, 11) is 1.96. The van der Waals surface area contributed by atoms with Crippen LogP contribution >= 0.6 is 11.6 Å². The Balaban J connectivity index is 2.93. The molecule has 0 spiro atoms. The molecule has 1 rings (SSSR count). The first kappa shape index (κ1) is 11.3. The lowest BCUT2D eigenvalue weighted by molar-refractivity contribution is 0.603. The molecule has 1 aromatic rings. The molecule has 0 aliphatic rings. The summed E-state index contributed by atoms with van der Waals surface area (Å²) >= 11 is 5.97. The fourth-order valence-corrected chi connectivity index (χ4v) is 1.59. The molecule has 14 heavy (non-hydrogen) atoms. The van der Waals surface area contributed by atoms with E-state index >= 15 is 0 Å². The van der Waals surface area contributed by atoms with Crippen LogP contribution < -0.4 is 5.32 Å². The lowest BCUT2D eigenvalue weighted by Gasteiger charge is -2.15. The van der Waals surface area contributed by atoms with Crippen molar-refractivity contribution in [1.29, 1.82) is 0 Å². The minimum atomic E-state index is 0.337. The number of hydrogen-bond donors (Lipinski definition) is 1. The van der Waals surface area contributed by atoms with Crippen LogP contribution in [0.3, 0.4) is 0 Å². The Morgan fingerprint density at radius 3 is 2.79 bits per heavy atom. The van der Waals surface area contributed by atoms with Gasteiger partial charge >= 0.3 is 0 Å². The first-order valence-electron chi connectivity index (χ1n) is 4.73.